The molecule has 1 atom stereocenters. The van der Waals surface area contributed by atoms with Crippen LogP contribution < -0.4 is 10.5 Å². The van der Waals surface area contributed by atoms with Crippen molar-refractivity contribution in [3.05, 3.63) is 35.9 Å². The quantitative estimate of drug-likeness (QED) is 0.864. The van der Waals surface area contributed by atoms with Gasteiger partial charge in [-0.15, -0.1) is 5.10 Å². The molecule has 1 aromatic carbocycles. The SMILES string of the molecule is Cc1c(OC[C@@H]2CCCN(C(=O)OC(C)(C)C)C2)nn(-c2ccccc2)c1N. The lowest BCUT2D eigenvalue weighted by Crippen LogP contribution is -2.44. The van der Waals surface area contributed by atoms with Gasteiger partial charge >= 0.3 is 6.09 Å². The topological polar surface area (TPSA) is 82.6 Å². The average Bonchev–Trinajstić information content (AvgIpc) is 2.94. The molecule has 1 aliphatic heterocycles. The van der Waals surface area contributed by atoms with E-state index in [2.05, 4.69) is 5.10 Å². The molecule has 0 bridgehead atoms. The molecule has 2 aromatic rings. The molecule has 7 heteroatoms. The highest BCUT2D eigenvalue weighted by Crippen LogP contribution is 2.27. The fourth-order valence-electron chi connectivity index (χ4n) is 3.28. The van der Waals surface area contributed by atoms with Gasteiger partial charge in [0.15, 0.2) is 0 Å². The number of carbonyl (C=O) groups excluding carboxylic acids is 1. The zero-order chi connectivity index (χ0) is 20.3. The zero-order valence-corrected chi connectivity index (χ0v) is 17.1. The number of nitrogen functional groups attached to an aromatic ring is 1. The Labute approximate surface area is 166 Å². The first-order valence-electron chi connectivity index (χ1n) is 9.76. The van der Waals surface area contributed by atoms with Crippen molar-refractivity contribution in [2.75, 3.05) is 25.4 Å². The molecule has 7 nitrogen and oxygen atoms in total. The Balaban J connectivity index is 1.62. The van der Waals surface area contributed by atoms with Gasteiger partial charge in [-0.1, -0.05) is 18.2 Å². The Bertz CT molecular complexity index is 811. The van der Waals surface area contributed by atoms with Gasteiger partial charge in [0.2, 0.25) is 5.88 Å². The molecule has 152 valence electrons. The maximum Gasteiger partial charge on any atom is 0.410 e. The van der Waals surface area contributed by atoms with Crippen molar-refractivity contribution >= 4 is 11.9 Å². The van der Waals surface area contributed by atoms with Gasteiger partial charge in [0.1, 0.15) is 11.4 Å². The van der Waals surface area contributed by atoms with Crippen LogP contribution in [0.2, 0.25) is 0 Å². The van der Waals surface area contributed by atoms with Crippen LogP contribution in [0.15, 0.2) is 30.3 Å². The number of rotatable bonds is 4. The standard InChI is InChI=1S/C21H30N4O3/c1-15-18(22)25(17-10-6-5-7-11-17)23-19(15)27-14-16-9-8-12-24(13-16)20(26)28-21(2,3)4/h5-7,10-11,16H,8-9,12-14,22H2,1-4H3/t16-/m1/s1. The van der Waals surface area contributed by atoms with Crippen LogP contribution in [0.5, 0.6) is 5.88 Å². The van der Waals surface area contributed by atoms with E-state index in [-0.39, 0.29) is 12.0 Å². The first-order chi connectivity index (χ1) is 13.2. The molecule has 1 saturated heterocycles. The summed E-state index contributed by atoms with van der Waals surface area (Å²) < 4.78 is 13.2. The highest BCUT2D eigenvalue weighted by molar-refractivity contribution is 5.68. The van der Waals surface area contributed by atoms with Crippen LogP contribution in [-0.2, 0) is 4.74 Å². The Kier molecular flexibility index (Phi) is 5.82. The molecule has 0 saturated carbocycles. The number of aromatic nitrogens is 2. The number of ether oxygens (including phenoxy) is 2. The molecular weight excluding hydrogens is 356 g/mol. The fraction of sp³-hybridized carbons (Fsp3) is 0.524. The summed E-state index contributed by atoms with van der Waals surface area (Å²) >= 11 is 0. The normalized spacial score (nSPS) is 17.4. The number of hydrogen-bond acceptors (Lipinski definition) is 5. The maximum atomic E-state index is 12.3. The summed E-state index contributed by atoms with van der Waals surface area (Å²) in [6, 6.07) is 9.74. The summed E-state index contributed by atoms with van der Waals surface area (Å²) in [5.41, 5.74) is 7.45. The second kappa shape index (κ2) is 8.12. The highest BCUT2D eigenvalue weighted by atomic mass is 16.6. The Hall–Kier alpha value is -2.70. The van der Waals surface area contributed by atoms with Gasteiger partial charge in [0.25, 0.3) is 0 Å². The third-order valence-electron chi connectivity index (χ3n) is 4.75. The van der Waals surface area contributed by atoms with Crippen molar-refractivity contribution in [2.24, 2.45) is 5.92 Å². The van der Waals surface area contributed by atoms with E-state index >= 15 is 0 Å². The molecule has 1 aromatic heterocycles. The maximum absolute atomic E-state index is 12.3. The third kappa shape index (κ3) is 4.77. The number of benzene rings is 1. The smallest absolute Gasteiger partial charge is 0.410 e. The highest BCUT2D eigenvalue weighted by Gasteiger charge is 2.28. The lowest BCUT2D eigenvalue weighted by Gasteiger charge is -2.33. The van der Waals surface area contributed by atoms with Crippen molar-refractivity contribution in [3.8, 4) is 11.6 Å². The molecule has 1 fully saturated rings. The lowest BCUT2D eigenvalue weighted by molar-refractivity contribution is 0.0138. The number of carbonyl (C=O) groups is 1. The number of amides is 1. The molecule has 1 amide bonds. The van der Waals surface area contributed by atoms with Crippen LogP contribution in [-0.4, -0.2) is 46.1 Å². The summed E-state index contributed by atoms with van der Waals surface area (Å²) in [4.78, 5) is 14.1. The molecule has 2 N–H and O–H groups in total. The summed E-state index contributed by atoms with van der Waals surface area (Å²) in [5, 5.41) is 4.53. The Morgan fingerprint density at radius 2 is 2.00 bits per heavy atom. The summed E-state index contributed by atoms with van der Waals surface area (Å²) in [6.07, 6.45) is 1.69. The van der Waals surface area contributed by atoms with Gasteiger partial charge in [0.05, 0.1) is 17.9 Å². The number of nitrogens with two attached hydrogens (primary N) is 1. The van der Waals surface area contributed by atoms with E-state index in [1.807, 2.05) is 58.0 Å². The van der Waals surface area contributed by atoms with Gasteiger partial charge < -0.3 is 20.1 Å². The lowest BCUT2D eigenvalue weighted by atomic mass is 9.99. The van der Waals surface area contributed by atoms with E-state index in [9.17, 15) is 4.79 Å². The molecule has 0 spiro atoms. The first kappa shape index (κ1) is 20.0. The molecule has 0 aliphatic carbocycles. The molecule has 0 radical (unpaired) electrons. The predicted octanol–water partition coefficient (Wildman–Crippen LogP) is 3.79. The van der Waals surface area contributed by atoms with Crippen LogP contribution in [0, 0.1) is 12.8 Å². The minimum absolute atomic E-state index is 0.240. The second-order valence-electron chi connectivity index (χ2n) is 8.31. The van der Waals surface area contributed by atoms with E-state index in [0.717, 1.165) is 30.6 Å². The predicted molar refractivity (Wildman–Crippen MR) is 109 cm³/mol. The summed E-state index contributed by atoms with van der Waals surface area (Å²) in [5.74, 6) is 1.35. The van der Waals surface area contributed by atoms with Gasteiger partial charge in [0, 0.05) is 19.0 Å². The first-order valence-corrected chi connectivity index (χ1v) is 9.76. The molecule has 28 heavy (non-hydrogen) atoms. The van der Waals surface area contributed by atoms with E-state index in [0.29, 0.717) is 24.8 Å². The number of nitrogens with zero attached hydrogens (tertiary/aromatic N) is 3. The molecule has 1 aliphatic rings. The minimum atomic E-state index is -0.487. The number of piperidine rings is 1. The van der Waals surface area contributed by atoms with Crippen molar-refractivity contribution < 1.29 is 14.3 Å². The monoisotopic (exact) mass is 386 g/mol. The van der Waals surface area contributed by atoms with E-state index in [1.165, 1.54) is 0 Å². The van der Waals surface area contributed by atoms with Crippen LogP contribution >= 0.6 is 0 Å². The Morgan fingerprint density at radius 3 is 2.68 bits per heavy atom. The van der Waals surface area contributed by atoms with Gasteiger partial charge in [-0.2, -0.15) is 0 Å². The van der Waals surface area contributed by atoms with E-state index in [4.69, 9.17) is 15.2 Å². The van der Waals surface area contributed by atoms with Gasteiger partial charge in [-0.05, 0) is 52.7 Å². The van der Waals surface area contributed by atoms with Crippen molar-refractivity contribution in [1.82, 2.24) is 14.7 Å². The van der Waals surface area contributed by atoms with Crippen LogP contribution in [0.25, 0.3) is 5.69 Å². The van der Waals surface area contributed by atoms with E-state index < -0.39 is 5.60 Å². The molecule has 0 unspecified atom stereocenters. The summed E-state index contributed by atoms with van der Waals surface area (Å²) in [7, 11) is 0. The average molecular weight is 386 g/mol. The second-order valence-corrected chi connectivity index (χ2v) is 8.31. The van der Waals surface area contributed by atoms with Gasteiger partial charge in [-0.3, -0.25) is 0 Å². The van der Waals surface area contributed by atoms with Crippen LogP contribution in [0.3, 0.4) is 0 Å². The van der Waals surface area contributed by atoms with Crippen molar-refractivity contribution in [2.45, 2.75) is 46.1 Å². The zero-order valence-electron chi connectivity index (χ0n) is 17.1. The summed E-state index contributed by atoms with van der Waals surface area (Å²) in [6.45, 7) is 9.39. The molecule has 2 heterocycles. The van der Waals surface area contributed by atoms with Crippen molar-refractivity contribution in [3.63, 3.8) is 0 Å². The van der Waals surface area contributed by atoms with Crippen LogP contribution in [0.4, 0.5) is 10.6 Å². The number of anilines is 1. The largest absolute Gasteiger partial charge is 0.476 e. The van der Waals surface area contributed by atoms with Crippen molar-refractivity contribution in [1.29, 1.82) is 0 Å². The minimum Gasteiger partial charge on any atom is -0.476 e. The number of hydrogen-bond donors (Lipinski definition) is 1. The fourth-order valence-corrected chi connectivity index (χ4v) is 3.28. The molecule has 3 rings (SSSR count). The Morgan fingerprint density at radius 1 is 1.29 bits per heavy atom. The number of para-hydroxylation sites is 1. The van der Waals surface area contributed by atoms with Gasteiger partial charge in [-0.25, -0.2) is 9.48 Å². The van der Waals surface area contributed by atoms with E-state index in [1.54, 1.807) is 9.58 Å². The van der Waals surface area contributed by atoms with Crippen LogP contribution in [0.1, 0.15) is 39.2 Å². The third-order valence-corrected chi connectivity index (χ3v) is 4.75. The molecular formula is C21H30N4O3. The number of likely N-dealkylation sites (tertiary alicyclic amines) is 1.